The number of anilines is 1. The molecule has 130 valence electrons. The summed E-state index contributed by atoms with van der Waals surface area (Å²) in [6.45, 7) is 4.27. The third-order valence-electron chi connectivity index (χ3n) is 3.59. The number of nitrogens with one attached hydrogen (secondary N) is 2. The fourth-order valence-electron chi connectivity index (χ4n) is 2.49. The Kier molecular flexibility index (Phi) is 5.29. The molecule has 0 saturated heterocycles. The van der Waals surface area contributed by atoms with Gasteiger partial charge in [-0.15, -0.1) is 0 Å². The molecule has 0 unspecified atom stereocenters. The maximum absolute atomic E-state index is 12.5. The number of aromatic nitrogens is 3. The van der Waals surface area contributed by atoms with E-state index in [1.54, 1.807) is 4.57 Å². The lowest BCUT2D eigenvalue weighted by Gasteiger charge is -2.10. The third kappa shape index (κ3) is 3.96. The van der Waals surface area contributed by atoms with Gasteiger partial charge in [-0.1, -0.05) is 33.8 Å². The number of nitrogens with zero attached hydrogens (tertiary/aromatic N) is 2. The highest BCUT2D eigenvalue weighted by molar-refractivity contribution is 9.10. The van der Waals surface area contributed by atoms with E-state index in [0.717, 1.165) is 15.9 Å². The number of hydrogen-bond donors (Lipinski definition) is 2. The summed E-state index contributed by atoms with van der Waals surface area (Å²) in [5.74, 6) is 0.0266. The lowest BCUT2D eigenvalue weighted by Crippen LogP contribution is -2.23. The molecular weight excluding hydrogens is 404 g/mol. The van der Waals surface area contributed by atoms with Crippen molar-refractivity contribution < 1.29 is 4.79 Å². The molecule has 3 rings (SSSR count). The van der Waals surface area contributed by atoms with Crippen molar-refractivity contribution in [3.8, 4) is 0 Å². The number of hydrogen-bond acceptors (Lipinski definition) is 4. The van der Waals surface area contributed by atoms with Gasteiger partial charge in [-0.3, -0.25) is 14.2 Å². The van der Waals surface area contributed by atoms with Crippen LogP contribution in [-0.2, 0) is 11.3 Å². The molecule has 6 nitrogen and oxygen atoms in total. The molecule has 25 heavy (non-hydrogen) atoms. The van der Waals surface area contributed by atoms with E-state index in [2.05, 4.69) is 31.2 Å². The number of aryl methyl sites for hydroxylation is 1. The quantitative estimate of drug-likeness (QED) is 0.488. The van der Waals surface area contributed by atoms with E-state index in [9.17, 15) is 9.59 Å². The maximum atomic E-state index is 12.5. The molecule has 2 N–H and O–H groups in total. The zero-order valence-electron chi connectivity index (χ0n) is 13.8. The Hall–Kier alpha value is -2.06. The first-order chi connectivity index (χ1) is 12.0. The van der Waals surface area contributed by atoms with Crippen molar-refractivity contribution in [2.24, 2.45) is 0 Å². The van der Waals surface area contributed by atoms with Gasteiger partial charge in [0.05, 0.1) is 11.3 Å². The summed E-state index contributed by atoms with van der Waals surface area (Å²) in [5.41, 5.74) is 2.62. The minimum absolute atomic E-state index is 0.115. The molecule has 0 bridgehead atoms. The molecule has 0 spiro atoms. The number of H-pyrrole nitrogens is 1. The number of aromatic amines is 1. The molecule has 0 aliphatic heterocycles. The zero-order valence-corrected chi connectivity index (χ0v) is 16.2. The molecule has 8 heteroatoms. The molecular formula is C17H17BrN4O2S. The summed E-state index contributed by atoms with van der Waals surface area (Å²) in [5, 5.41) is 3.38. The predicted octanol–water partition coefficient (Wildman–Crippen LogP) is 3.55. The van der Waals surface area contributed by atoms with Gasteiger partial charge < -0.3 is 10.3 Å². The second-order valence-corrected chi connectivity index (χ2v) is 7.36. The lowest BCUT2D eigenvalue weighted by atomic mass is 10.3. The van der Waals surface area contributed by atoms with Crippen LogP contribution in [0.4, 0.5) is 5.69 Å². The van der Waals surface area contributed by atoms with Crippen LogP contribution in [0, 0.1) is 6.92 Å². The van der Waals surface area contributed by atoms with Crippen LogP contribution in [0.2, 0.25) is 0 Å². The second-order valence-electron chi connectivity index (χ2n) is 5.50. The van der Waals surface area contributed by atoms with Gasteiger partial charge in [-0.2, -0.15) is 0 Å². The standard InChI is InChI=1S/C17H17BrN4O2S/c1-3-22-16(24)15-13(7-10(2)19-15)21-17(22)25-9-14(23)20-12-6-4-5-11(18)8-12/h4-8,19H,3,9H2,1-2H3,(H,20,23). The van der Waals surface area contributed by atoms with Crippen molar-refractivity contribution >= 4 is 50.3 Å². The average Bonchev–Trinajstić information content (AvgIpc) is 2.94. The van der Waals surface area contributed by atoms with Crippen LogP contribution in [0.25, 0.3) is 11.0 Å². The largest absolute Gasteiger partial charge is 0.353 e. The number of amides is 1. The van der Waals surface area contributed by atoms with Crippen LogP contribution >= 0.6 is 27.7 Å². The normalized spacial score (nSPS) is 11.0. The van der Waals surface area contributed by atoms with Crippen LogP contribution in [0.5, 0.6) is 0 Å². The highest BCUT2D eigenvalue weighted by atomic mass is 79.9. The molecule has 2 aromatic heterocycles. The number of rotatable bonds is 5. The molecule has 3 aromatic rings. The van der Waals surface area contributed by atoms with Crippen molar-refractivity contribution in [2.75, 3.05) is 11.1 Å². The van der Waals surface area contributed by atoms with Gasteiger partial charge in [0.2, 0.25) is 5.91 Å². The van der Waals surface area contributed by atoms with Gasteiger partial charge in [-0.05, 0) is 38.1 Å². The first kappa shape index (κ1) is 17.8. The van der Waals surface area contributed by atoms with Crippen molar-refractivity contribution in [3.05, 3.63) is 50.9 Å². The fourth-order valence-corrected chi connectivity index (χ4v) is 3.76. The highest BCUT2D eigenvalue weighted by Crippen LogP contribution is 2.20. The molecule has 0 aliphatic carbocycles. The first-order valence-electron chi connectivity index (χ1n) is 7.76. The Labute approximate surface area is 157 Å². The number of thioether (sulfide) groups is 1. The van der Waals surface area contributed by atoms with Crippen molar-refractivity contribution in [1.82, 2.24) is 14.5 Å². The predicted molar refractivity (Wildman–Crippen MR) is 104 cm³/mol. The summed E-state index contributed by atoms with van der Waals surface area (Å²) in [6.07, 6.45) is 0. The first-order valence-corrected chi connectivity index (χ1v) is 9.54. The molecule has 0 fully saturated rings. The Morgan fingerprint density at radius 2 is 2.20 bits per heavy atom. The zero-order chi connectivity index (χ0) is 18.0. The topological polar surface area (TPSA) is 79.8 Å². The monoisotopic (exact) mass is 420 g/mol. The summed E-state index contributed by atoms with van der Waals surface area (Å²) in [6, 6.07) is 9.23. The van der Waals surface area contributed by atoms with Crippen molar-refractivity contribution in [3.63, 3.8) is 0 Å². The number of benzene rings is 1. The smallest absolute Gasteiger partial charge is 0.278 e. The van der Waals surface area contributed by atoms with Crippen LogP contribution in [0.3, 0.4) is 0 Å². The number of halogens is 1. The van der Waals surface area contributed by atoms with E-state index in [1.165, 1.54) is 11.8 Å². The minimum Gasteiger partial charge on any atom is -0.353 e. The number of carbonyl (C=O) groups excluding carboxylic acids is 1. The Morgan fingerprint density at radius 3 is 2.92 bits per heavy atom. The van der Waals surface area contributed by atoms with Gasteiger partial charge in [0.15, 0.2) is 5.16 Å². The Bertz CT molecular complexity index is 996. The Balaban J connectivity index is 1.78. The van der Waals surface area contributed by atoms with Crippen LogP contribution in [-0.4, -0.2) is 26.2 Å². The number of fused-ring (bicyclic) bond motifs is 1. The fraction of sp³-hybridized carbons (Fsp3) is 0.235. The average molecular weight is 421 g/mol. The van der Waals surface area contributed by atoms with Crippen LogP contribution in [0.15, 0.2) is 44.8 Å². The maximum Gasteiger partial charge on any atom is 0.278 e. The molecule has 0 atom stereocenters. The summed E-state index contributed by atoms with van der Waals surface area (Å²) in [7, 11) is 0. The molecule has 1 aromatic carbocycles. The van der Waals surface area contributed by atoms with E-state index < -0.39 is 0 Å². The van der Waals surface area contributed by atoms with Crippen LogP contribution in [0.1, 0.15) is 12.6 Å². The van der Waals surface area contributed by atoms with E-state index in [4.69, 9.17) is 0 Å². The lowest BCUT2D eigenvalue weighted by molar-refractivity contribution is -0.113. The van der Waals surface area contributed by atoms with E-state index in [1.807, 2.05) is 44.2 Å². The van der Waals surface area contributed by atoms with E-state index in [0.29, 0.717) is 22.7 Å². The SMILES string of the molecule is CCn1c(SCC(=O)Nc2cccc(Br)c2)nc2cc(C)[nH]c2c1=O. The van der Waals surface area contributed by atoms with E-state index in [-0.39, 0.29) is 17.2 Å². The summed E-state index contributed by atoms with van der Waals surface area (Å²) >= 11 is 4.63. The highest BCUT2D eigenvalue weighted by Gasteiger charge is 2.14. The molecule has 0 radical (unpaired) electrons. The molecule has 0 saturated carbocycles. The van der Waals surface area contributed by atoms with Gasteiger partial charge >= 0.3 is 0 Å². The van der Waals surface area contributed by atoms with Gasteiger partial charge in [0, 0.05) is 22.4 Å². The second kappa shape index (κ2) is 7.45. The minimum atomic E-state index is -0.148. The molecule has 0 aliphatic rings. The van der Waals surface area contributed by atoms with Gasteiger partial charge in [0.1, 0.15) is 5.52 Å². The third-order valence-corrected chi connectivity index (χ3v) is 5.06. The molecule has 2 heterocycles. The van der Waals surface area contributed by atoms with E-state index >= 15 is 0 Å². The van der Waals surface area contributed by atoms with Crippen LogP contribution < -0.4 is 10.9 Å². The summed E-state index contributed by atoms with van der Waals surface area (Å²) in [4.78, 5) is 32.3. The Morgan fingerprint density at radius 1 is 1.40 bits per heavy atom. The van der Waals surface area contributed by atoms with Gasteiger partial charge in [-0.25, -0.2) is 4.98 Å². The van der Waals surface area contributed by atoms with Gasteiger partial charge in [0.25, 0.3) is 5.56 Å². The van der Waals surface area contributed by atoms with Crippen molar-refractivity contribution in [1.29, 1.82) is 0 Å². The molecule has 1 amide bonds. The van der Waals surface area contributed by atoms with Crippen molar-refractivity contribution in [2.45, 2.75) is 25.5 Å². The number of carbonyl (C=O) groups is 1. The summed E-state index contributed by atoms with van der Waals surface area (Å²) < 4.78 is 2.47.